The van der Waals surface area contributed by atoms with Gasteiger partial charge >= 0.3 is 0 Å². The van der Waals surface area contributed by atoms with Gasteiger partial charge in [0.1, 0.15) is 0 Å². The first kappa shape index (κ1) is 8.26. The Bertz CT molecular complexity index is 310. The van der Waals surface area contributed by atoms with E-state index < -0.39 is 0 Å². The number of benzene rings is 1. The van der Waals surface area contributed by atoms with Crippen LogP contribution in [0, 0.1) is 5.92 Å². The van der Waals surface area contributed by atoms with Crippen LogP contribution in [0.5, 0.6) is 0 Å². The highest BCUT2D eigenvalue weighted by Gasteiger charge is 2.43. The molecule has 3 nitrogen and oxygen atoms in total. The second kappa shape index (κ2) is 3.18. The van der Waals surface area contributed by atoms with Crippen molar-refractivity contribution in [2.24, 2.45) is 5.92 Å². The fourth-order valence-electron chi connectivity index (χ4n) is 1.64. The van der Waals surface area contributed by atoms with Crippen LogP contribution in [0.3, 0.4) is 0 Å². The largest absolute Gasteiger partial charge is 0.289 e. The number of carbonyl (C=O) groups is 1. The van der Waals surface area contributed by atoms with Crippen LogP contribution in [-0.2, 0) is 4.79 Å². The van der Waals surface area contributed by atoms with E-state index in [2.05, 4.69) is 0 Å². The molecule has 1 aromatic rings. The average molecular weight is 177 g/mol. The Morgan fingerprint density at radius 3 is 2.69 bits per heavy atom. The predicted octanol–water partition coefficient (Wildman–Crippen LogP) is 1.30. The highest BCUT2D eigenvalue weighted by molar-refractivity contribution is 5.81. The van der Waals surface area contributed by atoms with Crippen molar-refractivity contribution < 1.29 is 10.0 Å². The Morgan fingerprint density at radius 2 is 2.08 bits per heavy atom. The lowest BCUT2D eigenvalue weighted by atomic mass is 10.1. The van der Waals surface area contributed by atoms with Crippen molar-refractivity contribution in [2.45, 2.75) is 12.3 Å². The van der Waals surface area contributed by atoms with Crippen molar-refractivity contribution in [3.63, 3.8) is 0 Å². The Labute approximate surface area is 76.3 Å². The molecule has 13 heavy (non-hydrogen) atoms. The first-order valence-electron chi connectivity index (χ1n) is 4.32. The number of rotatable bonds is 2. The van der Waals surface area contributed by atoms with Crippen LogP contribution in [0.4, 0.5) is 0 Å². The Morgan fingerprint density at radius 1 is 1.38 bits per heavy atom. The van der Waals surface area contributed by atoms with Gasteiger partial charge in [0.05, 0.1) is 0 Å². The number of hydrogen-bond acceptors (Lipinski definition) is 2. The highest BCUT2D eigenvalue weighted by Crippen LogP contribution is 2.47. The molecular weight excluding hydrogens is 166 g/mol. The molecule has 1 unspecified atom stereocenters. The SMILES string of the molecule is O=C(NO)[C@@H]1CC1c1ccccc1. The maximum atomic E-state index is 11.0. The van der Waals surface area contributed by atoms with Gasteiger partial charge in [-0.1, -0.05) is 30.3 Å². The van der Waals surface area contributed by atoms with Crippen molar-refractivity contribution in [1.82, 2.24) is 5.48 Å². The van der Waals surface area contributed by atoms with Crippen LogP contribution >= 0.6 is 0 Å². The van der Waals surface area contributed by atoms with Gasteiger partial charge in [0.2, 0.25) is 5.91 Å². The summed E-state index contributed by atoms with van der Waals surface area (Å²) in [6.07, 6.45) is 0.844. The average Bonchev–Trinajstić information content (AvgIpc) is 2.98. The molecule has 2 atom stereocenters. The zero-order chi connectivity index (χ0) is 9.26. The number of hydrogen-bond donors (Lipinski definition) is 2. The minimum atomic E-state index is -0.270. The molecule has 2 rings (SSSR count). The van der Waals surface area contributed by atoms with E-state index in [1.165, 1.54) is 5.56 Å². The van der Waals surface area contributed by atoms with Gasteiger partial charge < -0.3 is 0 Å². The second-order valence-corrected chi connectivity index (χ2v) is 3.34. The van der Waals surface area contributed by atoms with Crippen LogP contribution in [0.1, 0.15) is 17.9 Å². The molecule has 1 aliphatic rings. The van der Waals surface area contributed by atoms with Crippen LogP contribution in [0.25, 0.3) is 0 Å². The van der Waals surface area contributed by atoms with Crippen LogP contribution in [0.15, 0.2) is 30.3 Å². The fourth-order valence-corrected chi connectivity index (χ4v) is 1.64. The lowest BCUT2D eigenvalue weighted by molar-refractivity contribution is -0.130. The summed E-state index contributed by atoms with van der Waals surface area (Å²) < 4.78 is 0. The molecule has 0 heterocycles. The van der Waals surface area contributed by atoms with E-state index in [1.807, 2.05) is 30.3 Å². The summed E-state index contributed by atoms with van der Waals surface area (Å²) in [5, 5.41) is 8.41. The number of amides is 1. The van der Waals surface area contributed by atoms with Crippen molar-refractivity contribution in [2.75, 3.05) is 0 Å². The molecule has 3 heteroatoms. The summed E-state index contributed by atoms with van der Waals surface area (Å²) in [5.74, 6) is -0.00500. The minimum Gasteiger partial charge on any atom is -0.289 e. The van der Waals surface area contributed by atoms with E-state index in [0.29, 0.717) is 5.92 Å². The maximum absolute atomic E-state index is 11.0. The monoisotopic (exact) mass is 177 g/mol. The van der Waals surface area contributed by atoms with E-state index in [9.17, 15) is 4.79 Å². The lowest BCUT2D eigenvalue weighted by Crippen LogP contribution is -2.20. The molecule has 1 aliphatic carbocycles. The zero-order valence-electron chi connectivity index (χ0n) is 7.10. The third kappa shape index (κ3) is 1.55. The normalized spacial score (nSPS) is 25.3. The predicted molar refractivity (Wildman–Crippen MR) is 47.2 cm³/mol. The smallest absolute Gasteiger partial charge is 0.247 e. The molecule has 1 saturated carbocycles. The summed E-state index contributed by atoms with van der Waals surface area (Å²) in [7, 11) is 0. The maximum Gasteiger partial charge on any atom is 0.247 e. The zero-order valence-corrected chi connectivity index (χ0v) is 7.10. The second-order valence-electron chi connectivity index (χ2n) is 3.34. The standard InChI is InChI=1S/C10H11NO2/c12-10(11-13)9-6-8(9)7-4-2-1-3-5-7/h1-5,8-9,13H,6H2,(H,11,12)/t8?,9-/m1/s1. The molecule has 1 aromatic carbocycles. The summed E-state index contributed by atoms with van der Waals surface area (Å²) in [6, 6.07) is 9.89. The van der Waals surface area contributed by atoms with Crippen molar-refractivity contribution in [3.05, 3.63) is 35.9 Å². The molecule has 0 aromatic heterocycles. The van der Waals surface area contributed by atoms with E-state index in [1.54, 1.807) is 5.48 Å². The first-order chi connectivity index (χ1) is 6.33. The van der Waals surface area contributed by atoms with Crippen LogP contribution < -0.4 is 5.48 Å². The lowest BCUT2D eigenvalue weighted by Gasteiger charge is -1.98. The third-order valence-electron chi connectivity index (χ3n) is 2.47. The summed E-state index contributed by atoms with van der Waals surface area (Å²) in [4.78, 5) is 11.0. The van der Waals surface area contributed by atoms with Gasteiger partial charge in [0.15, 0.2) is 0 Å². The molecule has 0 spiro atoms. The van der Waals surface area contributed by atoms with Gasteiger partial charge in [-0.05, 0) is 17.9 Å². The third-order valence-corrected chi connectivity index (χ3v) is 2.47. The Kier molecular flexibility index (Phi) is 2.02. The van der Waals surface area contributed by atoms with E-state index in [4.69, 9.17) is 5.21 Å². The molecule has 0 radical (unpaired) electrons. The molecular formula is C10H11NO2. The van der Waals surface area contributed by atoms with Gasteiger partial charge in [-0.25, -0.2) is 5.48 Å². The quantitative estimate of drug-likeness (QED) is 0.528. The molecule has 2 N–H and O–H groups in total. The molecule has 0 saturated heterocycles. The summed E-state index contributed by atoms with van der Waals surface area (Å²) >= 11 is 0. The molecule has 0 aliphatic heterocycles. The molecule has 68 valence electrons. The first-order valence-corrected chi connectivity index (χ1v) is 4.32. The number of carbonyl (C=O) groups excluding carboxylic acids is 1. The van der Waals surface area contributed by atoms with Crippen molar-refractivity contribution in [3.8, 4) is 0 Å². The van der Waals surface area contributed by atoms with Gasteiger partial charge in [0, 0.05) is 5.92 Å². The summed E-state index contributed by atoms with van der Waals surface area (Å²) in [6.45, 7) is 0. The summed E-state index contributed by atoms with van der Waals surface area (Å²) in [5.41, 5.74) is 2.86. The van der Waals surface area contributed by atoms with Gasteiger partial charge in [0.25, 0.3) is 0 Å². The van der Waals surface area contributed by atoms with Crippen molar-refractivity contribution in [1.29, 1.82) is 0 Å². The highest BCUT2D eigenvalue weighted by atomic mass is 16.5. The molecule has 1 amide bonds. The van der Waals surface area contributed by atoms with E-state index >= 15 is 0 Å². The Balaban J connectivity index is 2.04. The molecule has 0 bridgehead atoms. The van der Waals surface area contributed by atoms with Crippen LogP contribution in [0.2, 0.25) is 0 Å². The minimum absolute atomic E-state index is 0.0348. The molecule has 1 fully saturated rings. The van der Waals surface area contributed by atoms with Gasteiger partial charge in [-0.2, -0.15) is 0 Å². The van der Waals surface area contributed by atoms with Gasteiger partial charge in [-0.3, -0.25) is 10.0 Å². The van der Waals surface area contributed by atoms with E-state index in [-0.39, 0.29) is 11.8 Å². The topological polar surface area (TPSA) is 49.3 Å². The number of nitrogens with one attached hydrogen (secondary N) is 1. The fraction of sp³-hybridized carbons (Fsp3) is 0.300. The number of hydroxylamine groups is 1. The van der Waals surface area contributed by atoms with E-state index in [0.717, 1.165) is 6.42 Å². The van der Waals surface area contributed by atoms with Crippen LogP contribution in [-0.4, -0.2) is 11.1 Å². The van der Waals surface area contributed by atoms with Crippen molar-refractivity contribution >= 4 is 5.91 Å². The van der Waals surface area contributed by atoms with Gasteiger partial charge in [-0.15, -0.1) is 0 Å². The Hall–Kier alpha value is -1.35.